The molecule has 1 unspecified atom stereocenters. The van der Waals surface area contributed by atoms with Crippen LogP contribution in [0.15, 0.2) is 66.4 Å². The van der Waals surface area contributed by atoms with E-state index in [0.717, 1.165) is 23.5 Å². The summed E-state index contributed by atoms with van der Waals surface area (Å²) in [6.07, 6.45) is -0.483. The molecule has 0 aliphatic carbocycles. The maximum atomic E-state index is 11.8. The second-order valence-electron chi connectivity index (χ2n) is 5.23. The summed E-state index contributed by atoms with van der Waals surface area (Å²) in [6.45, 7) is 5.27. The minimum Gasteiger partial charge on any atom is -0.481 e. The molecule has 2 aromatic rings. The molecule has 0 radical (unpaired) electrons. The first-order valence-electron chi connectivity index (χ1n) is 7.17. The van der Waals surface area contributed by atoms with Gasteiger partial charge in [0.25, 0.3) is 0 Å². The molecule has 0 aliphatic heterocycles. The van der Waals surface area contributed by atoms with Crippen molar-refractivity contribution in [1.82, 2.24) is 0 Å². The van der Waals surface area contributed by atoms with Crippen molar-refractivity contribution in [3.63, 3.8) is 0 Å². The average Bonchev–Trinajstić information content (AvgIpc) is 2.53. The summed E-state index contributed by atoms with van der Waals surface area (Å²) in [7, 11) is 0. The number of carbonyl (C=O) groups excluding carboxylic acids is 1. The lowest BCUT2D eigenvalue weighted by Crippen LogP contribution is -2.18. The van der Waals surface area contributed by atoms with E-state index >= 15 is 0 Å². The molecule has 0 saturated carbocycles. The molecule has 0 saturated heterocycles. The Hall–Kier alpha value is -0.630. The van der Waals surface area contributed by atoms with E-state index in [-0.39, 0.29) is 6.61 Å². The Bertz CT molecular complexity index is 805. The largest absolute Gasteiger partial charge is 0.481 e. The van der Waals surface area contributed by atoms with Gasteiger partial charge in [0.05, 0.1) is 4.47 Å². The summed E-state index contributed by atoms with van der Waals surface area (Å²) in [5.41, 5.74) is 1.21. The Morgan fingerprint density at radius 1 is 1.04 bits per heavy atom. The highest BCUT2D eigenvalue weighted by Crippen LogP contribution is 2.35. The molecule has 0 bridgehead atoms. The topological polar surface area (TPSA) is 35.5 Å². The van der Waals surface area contributed by atoms with Crippen molar-refractivity contribution < 1.29 is 14.3 Å². The molecule has 0 spiro atoms. The van der Waals surface area contributed by atoms with Gasteiger partial charge in [-0.05, 0) is 53.2 Å². The third-order valence-electron chi connectivity index (χ3n) is 3.19. The minimum absolute atomic E-state index is 0.0639. The molecular formula is C18H14Br4O3. The molecule has 0 aliphatic rings. The fourth-order valence-corrected chi connectivity index (χ4v) is 4.39. The van der Waals surface area contributed by atoms with Crippen molar-refractivity contribution in [2.75, 3.05) is 6.61 Å². The zero-order valence-electron chi connectivity index (χ0n) is 13.2. The Kier molecular flexibility index (Phi) is 7.73. The van der Waals surface area contributed by atoms with E-state index in [1.807, 2.05) is 36.4 Å². The van der Waals surface area contributed by atoms with Crippen LogP contribution in [-0.4, -0.2) is 12.6 Å². The van der Waals surface area contributed by atoms with Crippen LogP contribution in [0.1, 0.15) is 18.6 Å². The minimum atomic E-state index is -0.483. The molecule has 7 heteroatoms. The lowest BCUT2D eigenvalue weighted by molar-refractivity contribution is -0.141. The molecule has 0 fully saturated rings. The van der Waals surface area contributed by atoms with Crippen molar-refractivity contribution in [3.8, 4) is 5.75 Å². The van der Waals surface area contributed by atoms with Crippen molar-refractivity contribution in [1.29, 1.82) is 0 Å². The second kappa shape index (κ2) is 9.35. The van der Waals surface area contributed by atoms with Gasteiger partial charge in [-0.1, -0.05) is 60.4 Å². The predicted octanol–water partition coefficient (Wildman–Crippen LogP) is 6.98. The third kappa shape index (κ3) is 5.94. The van der Waals surface area contributed by atoms with Crippen LogP contribution in [0.25, 0.3) is 0 Å². The SMILES string of the molecule is C=C(C)C(=O)OCC(Oc1ccc(Br)cc1Br)c1ccc(Br)cc1Br. The molecule has 2 rings (SSSR count). The molecule has 1 atom stereocenters. The monoisotopic (exact) mass is 594 g/mol. The van der Waals surface area contributed by atoms with Crippen LogP contribution in [0.5, 0.6) is 5.75 Å². The molecule has 0 N–H and O–H groups in total. The van der Waals surface area contributed by atoms with E-state index in [4.69, 9.17) is 9.47 Å². The van der Waals surface area contributed by atoms with Gasteiger partial charge in [-0.3, -0.25) is 0 Å². The lowest BCUT2D eigenvalue weighted by atomic mass is 10.1. The van der Waals surface area contributed by atoms with Crippen molar-refractivity contribution >= 4 is 69.7 Å². The molecule has 3 nitrogen and oxygen atoms in total. The van der Waals surface area contributed by atoms with Crippen molar-refractivity contribution in [2.45, 2.75) is 13.0 Å². The molecule has 0 amide bonds. The Morgan fingerprint density at radius 3 is 2.20 bits per heavy atom. The van der Waals surface area contributed by atoms with Crippen LogP contribution in [0, 0.1) is 0 Å². The summed E-state index contributed by atoms with van der Waals surface area (Å²) < 4.78 is 15.0. The van der Waals surface area contributed by atoms with Crippen LogP contribution < -0.4 is 4.74 Å². The number of halogens is 4. The first kappa shape index (κ1) is 20.7. The van der Waals surface area contributed by atoms with E-state index < -0.39 is 12.1 Å². The number of esters is 1. The number of benzene rings is 2. The first-order chi connectivity index (χ1) is 11.8. The molecule has 0 heterocycles. The van der Waals surface area contributed by atoms with E-state index in [9.17, 15) is 4.79 Å². The smallest absolute Gasteiger partial charge is 0.333 e. The van der Waals surface area contributed by atoms with Gasteiger partial charge in [0.1, 0.15) is 12.4 Å². The summed E-state index contributed by atoms with van der Waals surface area (Å²) in [4.78, 5) is 11.8. The van der Waals surface area contributed by atoms with E-state index in [1.54, 1.807) is 6.92 Å². The summed E-state index contributed by atoms with van der Waals surface area (Å²) in [5, 5.41) is 0. The fraction of sp³-hybridized carbons (Fsp3) is 0.167. The average molecular weight is 598 g/mol. The number of ether oxygens (including phenoxy) is 2. The predicted molar refractivity (Wildman–Crippen MR) is 113 cm³/mol. The van der Waals surface area contributed by atoms with Crippen molar-refractivity contribution in [2.24, 2.45) is 0 Å². The number of carbonyl (C=O) groups is 1. The zero-order chi connectivity index (χ0) is 18.6. The molecular weight excluding hydrogens is 584 g/mol. The van der Waals surface area contributed by atoms with Gasteiger partial charge >= 0.3 is 5.97 Å². The summed E-state index contributed by atoms with van der Waals surface area (Å²) >= 11 is 13.9. The summed E-state index contributed by atoms with van der Waals surface area (Å²) in [5.74, 6) is 0.200. The lowest BCUT2D eigenvalue weighted by Gasteiger charge is -2.22. The number of hydrogen-bond acceptors (Lipinski definition) is 3. The highest BCUT2D eigenvalue weighted by atomic mass is 79.9. The van der Waals surface area contributed by atoms with Crippen LogP contribution in [-0.2, 0) is 9.53 Å². The Labute approximate surface area is 180 Å². The van der Waals surface area contributed by atoms with Gasteiger partial charge in [-0.2, -0.15) is 0 Å². The second-order valence-corrected chi connectivity index (χ2v) is 8.77. The molecule has 132 valence electrons. The van der Waals surface area contributed by atoms with Crippen LogP contribution in [0.2, 0.25) is 0 Å². The van der Waals surface area contributed by atoms with E-state index in [2.05, 4.69) is 70.3 Å². The normalized spacial score (nSPS) is 11.7. The standard InChI is InChI=1S/C18H14Br4O3/c1-10(2)18(23)24-9-17(13-5-3-11(19)7-14(13)21)25-16-6-4-12(20)8-15(16)22/h3-8,17H,1,9H2,2H3. The van der Waals surface area contributed by atoms with Gasteiger partial charge in [0, 0.05) is 24.6 Å². The molecule has 25 heavy (non-hydrogen) atoms. The van der Waals surface area contributed by atoms with Crippen LogP contribution in [0.4, 0.5) is 0 Å². The highest BCUT2D eigenvalue weighted by molar-refractivity contribution is 9.11. The van der Waals surface area contributed by atoms with Crippen LogP contribution in [0.3, 0.4) is 0 Å². The third-order valence-corrected chi connectivity index (χ3v) is 5.48. The van der Waals surface area contributed by atoms with E-state index in [0.29, 0.717) is 11.3 Å². The summed E-state index contributed by atoms with van der Waals surface area (Å²) in [6, 6.07) is 11.4. The highest BCUT2D eigenvalue weighted by Gasteiger charge is 2.20. The van der Waals surface area contributed by atoms with E-state index in [1.165, 1.54) is 0 Å². The number of rotatable bonds is 6. The Morgan fingerprint density at radius 2 is 1.64 bits per heavy atom. The van der Waals surface area contributed by atoms with Crippen LogP contribution >= 0.6 is 63.7 Å². The maximum absolute atomic E-state index is 11.8. The molecule has 0 aromatic heterocycles. The first-order valence-corrected chi connectivity index (χ1v) is 10.3. The van der Waals surface area contributed by atoms with Gasteiger partial charge < -0.3 is 9.47 Å². The van der Waals surface area contributed by atoms with Crippen molar-refractivity contribution in [3.05, 3.63) is 72.0 Å². The van der Waals surface area contributed by atoms with Gasteiger partial charge in [0.2, 0.25) is 0 Å². The van der Waals surface area contributed by atoms with Gasteiger partial charge in [-0.15, -0.1) is 0 Å². The van der Waals surface area contributed by atoms with Gasteiger partial charge in [0.15, 0.2) is 6.10 Å². The fourth-order valence-electron chi connectivity index (χ4n) is 1.95. The number of hydrogen-bond donors (Lipinski definition) is 0. The zero-order valence-corrected chi connectivity index (χ0v) is 19.5. The Balaban J connectivity index is 2.30. The quantitative estimate of drug-likeness (QED) is 0.266. The maximum Gasteiger partial charge on any atom is 0.333 e. The van der Waals surface area contributed by atoms with Gasteiger partial charge in [-0.25, -0.2) is 4.79 Å². The molecule has 2 aromatic carbocycles.